The molecule has 182 valence electrons. The van der Waals surface area contributed by atoms with Crippen molar-refractivity contribution in [2.24, 2.45) is 5.92 Å². The molecule has 35 heavy (non-hydrogen) atoms. The summed E-state index contributed by atoms with van der Waals surface area (Å²) in [5.74, 6) is -0.0646. The number of rotatable bonds is 8. The number of halogens is 1. The second-order valence-electron chi connectivity index (χ2n) is 8.42. The van der Waals surface area contributed by atoms with Gasteiger partial charge in [0.1, 0.15) is 6.61 Å². The van der Waals surface area contributed by atoms with Crippen LogP contribution < -0.4 is 15.5 Å². The first-order valence-corrected chi connectivity index (χ1v) is 12.2. The number of hydrogen-bond donors (Lipinski definition) is 2. The van der Waals surface area contributed by atoms with Gasteiger partial charge >= 0.3 is 6.09 Å². The average Bonchev–Trinajstić information content (AvgIpc) is 2.91. The topological polar surface area (TPSA) is 83.6 Å². The molecule has 2 amide bonds. The number of piperidine rings is 1. The maximum absolute atomic E-state index is 12.6. The van der Waals surface area contributed by atoms with E-state index in [9.17, 15) is 9.59 Å². The molecule has 2 aromatic carbocycles. The molecule has 0 saturated carbocycles. The fourth-order valence-corrected chi connectivity index (χ4v) is 4.49. The van der Waals surface area contributed by atoms with Crippen LogP contribution >= 0.6 is 11.6 Å². The molecular formula is C27H29ClN4O3. The highest BCUT2D eigenvalue weighted by Gasteiger charge is 2.27. The van der Waals surface area contributed by atoms with Crippen LogP contribution in [0, 0.1) is 5.92 Å². The summed E-state index contributed by atoms with van der Waals surface area (Å²) < 4.78 is 5.17. The van der Waals surface area contributed by atoms with E-state index < -0.39 is 6.09 Å². The van der Waals surface area contributed by atoms with E-state index in [0.29, 0.717) is 18.1 Å². The maximum atomic E-state index is 12.6. The number of pyridine rings is 1. The Kier molecular flexibility index (Phi) is 8.57. The third kappa shape index (κ3) is 6.73. The van der Waals surface area contributed by atoms with Gasteiger partial charge in [-0.2, -0.15) is 0 Å². The predicted molar refractivity (Wildman–Crippen MR) is 137 cm³/mol. The number of carbonyl (C=O) groups excluding carboxylic acids is 2. The van der Waals surface area contributed by atoms with Gasteiger partial charge in [-0.25, -0.2) is 4.79 Å². The van der Waals surface area contributed by atoms with Gasteiger partial charge in [-0.15, -0.1) is 0 Å². The van der Waals surface area contributed by atoms with Crippen molar-refractivity contribution >= 4 is 29.3 Å². The number of nitrogens with one attached hydrogen (secondary N) is 2. The summed E-state index contributed by atoms with van der Waals surface area (Å²) >= 11 is 6.55. The van der Waals surface area contributed by atoms with Crippen LogP contribution in [0.4, 0.5) is 10.5 Å². The van der Waals surface area contributed by atoms with Gasteiger partial charge in [0, 0.05) is 50.1 Å². The number of alkyl carbamates (subject to hydrolysis) is 1. The van der Waals surface area contributed by atoms with Gasteiger partial charge in [-0.3, -0.25) is 9.78 Å². The molecule has 1 aliphatic rings. The number of hydrogen-bond acceptors (Lipinski definition) is 5. The van der Waals surface area contributed by atoms with Crippen molar-refractivity contribution in [3.63, 3.8) is 0 Å². The highest BCUT2D eigenvalue weighted by molar-refractivity contribution is 6.33. The van der Waals surface area contributed by atoms with Crippen LogP contribution in [0.2, 0.25) is 5.02 Å². The highest BCUT2D eigenvalue weighted by Crippen LogP contribution is 2.37. The van der Waals surface area contributed by atoms with Gasteiger partial charge in [0.2, 0.25) is 5.91 Å². The molecular weight excluding hydrogens is 464 g/mol. The van der Waals surface area contributed by atoms with E-state index in [0.717, 1.165) is 48.3 Å². The number of aromatic nitrogens is 1. The molecule has 0 aliphatic carbocycles. The summed E-state index contributed by atoms with van der Waals surface area (Å²) in [6.45, 7) is 2.33. The smallest absolute Gasteiger partial charge is 0.407 e. The van der Waals surface area contributed by atoms with E-state index in [1.54, 1.807) is 6.20 Å². The van der Waals surface area contributed by atoms with E-state index in [2.05, 4.69) is 20.5 Å². The fraction of sp³-hybridized carbons (Fsp3) is 0.296. The van der Waals surface area contributed by atoms with E-state index >= 15 is 0 Å². The molecule has 2 heterocycles. The van der Waals surface area contributed by atoms with Gasteiger partial charge < -0.3 is 20.3 Å². The minimum atomic E-state index is -0.500. The van der Waals surface area contributed by atoms with E-state index in [-0.39, 0.29) is 18.4 Å². The van der Waals surface area contributed by atoms with Crippen LogP contribution in [0.25, 0.3) is 11.1 Å². The Morgan fingerprint density at radius 3 is 2.31 bits per heavy atom. The van der Waals surface area contributed by atoms with Gasteiger partial charge in [0.25, 0.3) is 0 Å². The van der Waals surface area contributed by atoms with Crippen LogP contribution in [-0.4, -0.2) is 43.2 Å². The molecule has 7 nitrogen and oxygen atoms in total. The molecule has 0 spiro atoms. The van der Waals surface area contributed by atoms with E-state index in [1.165, 1.54) is 0 Å². The number of benzene rings is 2. The lowest BCUT2D eigenvalue weighted by molar-refractivity contribution is -0.125. The maximum Gasteiger partial charge on any atom is 0.407 e. The molecule has 1 saturated heterocycles. The summed E-state index contributed by atoms with van der Waals surface area (Å²) in [5, 5.41) is 6.19. The lowest BCUT2D eigenvalue weighted by Gasteiger charge is -2.34. The molecule has 0 unspecified atom stereocenters. The van der Waals surface area contributed by atoms with Gasteiger partial charge in [-0.05, 0) is 24.0 Å². The van der Waals surface area contributed by atoms with E-state index in [1.807, 2.05) is 66.9 Å². The van der Waals surface area contributed by atoms with Crippen molar-refractivity contribution in [2.45, 2.75) is 19.4 Å². The first-order valence-electron chi connectivity index (χ1n) is 11.8. The van der Waals surface area contributed by atoms with Crippen molar-refractivity contribution < 1.29 is 14.3 Å². The zero-order valence-electron chi connectivity index (χ0n) is 19.5. The molecule has 2 N–H and O–H groups in total. The van der Waals surface area contributed by atoms with Gasteiger partial charge in [-0.1, -0.05) is 72.3 Å². The highest BCUT2D eigenvalue weighted by atomic mass is 35.5. The summed E-state index contributed by atoms with van der Waals surface area (Å²) in [6.07, 6.45) is 4.46. The zero-order valence-corrected chi connectivity index (χ0v) is 20.2. The number of carbonyl (C=O) groups is 2. The third-order valence-electron chi connectivity index (χ3n) is 6.05. The van der Waals surface area contributed by atoms with Crippen molar-refractivity contribution in [2.75, 3.05) is 31.1 Å². The minimum Gasteiger partial charge on any atom is -0.445 e. The molecule has 0 radical (unpaired) electrons. The van der Waals surface area contributed by atoms with Crippen LogP contribution in [0.1, 0.15) is 18.4 Å². The Balaban J connectivity index is 1.21. The number of amides is 2. The number of anilines is 1. The normalized spacial score (nSPS) is 13.8. The van der Waals surface area contributed by atoms with Crippen LogP contribution in [-0.2, 0) is 16.1 Å². The summed E-state index contributed by atoms with van der Waals surface area (Å²) in [7, 11) is 0. The van der Waals surface area contributed by atoms with Crippen LogP contribution in [0.3, 0.4) is 0 Å². The number of ether oxygens (including phenoxy) is 1. The standard InChI is InChI=1S/C27H29ClN4O3/c28-24-18-29-17-23(21-9-5-2-6-10-21)25(24)32-15-11-22(12-16-32)26(33)30-13-14-31-27(34)35-19-20-7-3-1-4-8-20/h1-10,17-18,22H,11-16,19H2,(H,30,33)(H,31,34). The SMILES string of the molecule is O=C(NCCNC(=O)C1CCN(c2c(Cl)cncc2-c2ccccc2)CC1)OCc1ccccc1. The zero-order chi connectivity index (χ0) is 24.5. The summed E-state index contributed by atoms with van der Waals surface area (Å²) in [4.78, 5) is 31.0. The Hall–Kier alpha value is -3.58. The van der Waals surface area contributed by atoms with Gasteiger partial charge in [0.05, 0.1) is 10.7 Å². The first-order chi connectivity index (χ1) is 17.1. The molecule has 1 fully saturated rings. The Labute approximate surface area is 210 Å². The Bertz CT molecular complexity index is 1120. The quantitative estimate of drug-likeness (QED) is 0.447. The average molecular weight is 493 g/mol. The van der Waals surface area contributed by atoms with Crippen molar-refractivity contribution in [3.05, 3.63) is 83.6 Å². The summed E-state index contributed by atoms with van der Waals surface area (Å²) in [5.41, 5.74) is 3.94. The fourth-order valence-electron chi connectivity index (χ4n) is 4.21. The molecule has 3 aromatic rings. The van der Waals surface area contributed by atoms with Crippen molar-refractivity contribution in [3.8, 4) is 11.1 Å². The largest absolute Gasteiger partial charge is 0.445 e. The molecule has 8 heteroatoms. The molecule has 4 rings (SSSR count). The van der Waals surface area contributed by atoms with Crippen LogP contribution in [0.15, 0.2) is 73.1 Å². The summed E-state index contributed by atoms with van der Waals surface area (Å²) in [6, 6.07) is 19.5. The number of nitrogens with zero attached hydrogens (tertiary/aromatic N) is 2. The lowest BCUT2D eigenvalue weighted by atomic mass is 9.94. The van der Waals surface area contributed by atoms with Gasteiger partial charge in [0.15, 0.2) is 0 Å². The predicted octanol–water partition coefficient (Wildman–Crippen LogP) is 4.66. The third-order valence-corrected chi connectivity index (χ3v) is 6.32. The molecule has 0 bridgehead atoms. The second-order valence-corrected chi connectivity index (χ2v) is 8.83. The van der Waals surface area contributed by atoms with Crippen molar-refractivity contribution in [1.29, 1.82) is 0 Å². The monoisotopic (exact) mass is 492 g/mol. The Morgan fingerprint density at radius 1 is 0.943 bits per heavy atom. The molecule has 1 aromatic heterocycles. The molecule has 1 aliphatic heterocycles. The van der Waals surface area contributed by atoms with Crippen LogP contribution in [0.5, 0.6) is 0 Å². The molecule has 0 atom stereocenters. The Morgan fingerprint density at radius 2 is 1.60 bits per heavy atom. The lowest BCUT2D eigenvalue weighted by Crippen LogP contribution is -2.42. The van der Waals surface area contributed by atoms with E-state index in [4.69, 9.17) is 16.3 Å². The first kappa shape index (κ1) is 24.5. The second kappa shape index (κ2) is 12.2. The minimum absolute atomic E-state index is 0.00760. The van der Waals surface area contributed by atoms with Crippen molar-refractivity contribution in [1.82, 2.24) is 15.6 Å².